The lowest BCUT2D eigenvalue weighted by Crippen LogP contribution is -2.01. The number of rotatable bonds is 5. The van der Waals surface area contributed by atoms with E-state index in [2.05, 4.69) is 18.8 Å². The third kappa shape index (κ3) is 3.35. The molecular formula is C15H19NO3. The van der Waals surface area contributed by atoms with Crippen LogP contribution >= 0.6 is 0 Å². The highest BCUT2D eigenvalue weighted by molar-refractivity contribution is 5.29. The SMILES string of the molecule is CC(C)c1ocnc1COc1cccc(C(C)O)c1. The standard InChI is InChI=1S/C15H19NO3/c1-10(2)15-14(16-9-19-15)8-18-13-6-4-5-12(7-13)11(3)17/h4-7,9-11,17H,8H2,1-3H3. The summed E-state index contributed by atoms with van der Waals surface area (Å²) >= 11 is 0. The highest BCUT2D eigenvalue weighted by Gasteiger charge is 2.12. The minimum absolute atomic E-state index is 0.282. The molecule has 102 valence electrons. The summed E-state index contributed by atoms with van der Waals surface area (Å²) < 4.78 is 11.0. The van der Waals surface area contributed by atoms with Gasteiger partial charge >= 0.3 is 0 Å². The van der Waals surface area contributed by atoms with Crippen LogP contribution in [0.4, 0.5) is 0 Å². The number of nitrogens with zero attached hydrogens (tertiary/aromatic N) is 1. The molecule has 4 nitrogen and oxygen atoms in total. The fourth-order valence-electron chi connectivity index (χ4n) is 1.87. The van der Waals surface area contributed by atoms with Crippen molar-refractivity contribution >= 4 is 0 Å². The zero-order valence-corrected chi connectivity index (χ0v) is 11.5. The Morgan fingerprint density at radius 2 is 2.11 bits per heavy atom. The lowest BCUT2D eigenvalue weighted by atomic mass is 10.1. The Kier molecular flexibility index (Phi) is 4.22. The smallest absolute Gasteiger partial charge is 0.181 e. The number of hydrogen-bond acceptors (Lipinski definition) is 4. The van der Waals surface area contributed by atoms with E-state index in [0.29, 0.717) is 6.61 Å². The molecule has 0 saturated heterocycles. The number of ether oxygens (including phenoxy) is 1. The van der Waals surface area contributed by atoms with Crippen LogP contribution in [0.2, 0.25) is 0 Å². The van der Waals surface area contributed by atoms with Gasteiger partial charge in [-0.1, -0.05) is 26.0 Å². The fourth-order valence-corrected chi connectivity index (χ4v) is 1.87. The van der Waals surface area contributed by atoms with Gasteiger partial charge in [-0.15, -0.1) is 0 Å². The van der Waals surface area contributed by atoms with E-state index in [1.807, 2.05) is 24.3 Å². The molecule has 0 aliphatic carbocycles. The minimum Gasteiger partial charge on any atom is -0.487 e. The van der Waals surface area contributed by atoms with Gasteiger partial charge in [0, 0.05) is 5.92 Å². The Balaban J connectivity index is 2.06. The van der Waals surface area contributed by atoms with Crippen molar-refractivity contribution in [1.29, 1.82) is 0 Å². The number of aliphatic hydroxyl groups excluding tert-OH is 1. The third-order valence-electron chi connectivity index (χ3n) is 2.91. The van der Waals surface area contributed by atoms with Crippen molar-refractivity contribution in [2.24, 2.45) is 0 Å². The molecule has 1 N–H and O–H groups in total. The van der Waals surface area contributed by atoms with Crippen molar-refractivity contribution < 1.29 is 14.3 Å². The Labute approximate surface area is 113 Å². The van der Waals surface area contributed by atoms with Crippen molar-refractivity contribution in [3.8, 4) is 5.75 Å². The van der Waals surface area contributed by atoms with Gasteiger partial charge in [0.25, 0.3) is 0 Å². The van der Waals surface area contributed by atoms with E-state index >= 15 is 0 Å². The van der Waals surface area contributed by atoms with E-state index in [1.54, 1.807) is 6.92 Å². The summed E-state index contributed by atoms with van der Waals surface area (Å²) in [6.07, 6.45) is 0.946. The first-order valence-corrected chi connectivity index (χ1v) is 6.41. The van der Waals surface area contributed by atoms with Crippen LogP contribution in [0.5, 0.6) is 5.75 Å². The van der Waals surface area contributed by atoms with E-state index in [1.165, 1.54) is 6.39 Å². The van der Waals surface area contributed by atoms with Gasteiger partial charge in [0.2, 0.25) is 0 Å². The third-order valence-corrected chi connectivity index (χ3v) is 2.91. The van der Waals surface area contributed by atoms with Crippen molar-refractivity contribution in [2.45, 2.75) is 39.4 Å². The predicted octanol–water partition coefficient (Wildman–Crippen LogP) is 3.43. The Morgan fingerprint density at radius 1 is 1.32 bits per heavy atom. The zero-order valence-electron chi connectivity index (χ0n) is 11.5. The second-order valence-corrected chi connectivity index (χ2v) is 4.86. The highest BCUT2D eigenvalue weighted by Crippen LogP contribution is 2.22. The van der Waals surface area contributed by atoms with Gasteiger partial charge in [0.15, 0.2) is 6.39 Å². The van der Waals surface area contributed by atoms with Crippen molar-refractivity contribution in [3.63, 3.8) is 0 Å². The summed E-state index contributed by atoms with van der Waals surface area (Å²) in [5.41, 5.74) is 1.65. The molecule has 0 spiro atoms. The number of oxazole rings is 1. The van der Waals surface area contributed by atoms with Gasteiger partial charge in [-0.05, 0) is 24.6 Å². The molecule has 1 heterocycles. The summed E-state index contributed by atoms with van der Waals surface area (Å²) in [7, 11) is 0. The van der Waals surface area contributed by atoms with Crippen molar-refractivity contribution in [3.05, 3.63) is 47.7 Å². The highest BCUT2D eigenvalue weighted by atomic mass is 16.5. The topological polar surface area (TPSA) is 55.5 Å². The Bertz CT molecular complexity index is 532. The van der Waals surface area contributed by atoms with Crippen LogP contribution in [0.15, 0.2) is 35.1 Å². The maximum absolute atomic E-state index is 9.53. The number of aromatic nitrogens is 1. The van der Waals surface area contributed by atoms with Gasteiger partial charge in [-0.25, -0.2) is 4.98 Å². The zero-order chi connectivity index (χ0) is 13.8. The first kappa shape index (κ1) is 13.6. The summed E-state index contributed by atoms with van der Waals surface area (Å²) in [5, 5.41) is 9.53. The number of hydrogen-bond donors (Lipinski definition) is 1. The Morgan fingerprint density at radius 3 is 2.79 bits per heavy atom. The monoisotopic (exact) mass is 261 g/mol. The molecule has 1 aromatic heterocycles. The molecule has 0 radical (unpaired) electrons. The largest absolute Gasteiger partial charge is 0.487 e. The second-order valence-electron chi connectivity index (χ2n) is 4.86. The average molecular weight is 261 g/mol. The van der Waals surface area contributed by atoms with Crippen molar-refractivity contribution in [1.82, 2.24) is 4.98 Å². The van der Waals surface area contributed by atoms with E-state index < -0.39 is 6.10 Å². The van der Waals surface area contributed by atoms with Crippen molar-refractivity contribution in [2.75, 3.05) is 0 Å². The van der Waals surface area contributed by atoms with Crippen LogP contribution < -0.4 is 4.74 Å². The quantitative estimate of drug-likeness (QED) is 0.895. The molecule has 0 amide bonds. The van der Waals surface area contributed by atoms with Crippen LogP contribution in [0.3, 0.4) is 0 Å². The molecule has 0 bridgehead atoms. The summed E-state index contributed by atoms with van der Waals surface area (Å²) in [5.74, 6) is 1.85. The molecule has 0 aliphatic heterocycles. The van der Waals surface area contributed by atoms with E-state index in [0.717, 1.165) is 22.8 Å². The summed E-state index contributed by atoms with van der Waals surface area (Å²) in [6.45, 7) is 6.21. The van der Waals surface area contributed by atoms with Gasteiger partial charge in [-0.2, -0.15) is 0 Å². The molecule has 0 aliphatic rings. The van der Waals surface area contributed by atoms with Crippen LogP contribution in [0.1, 0.15) is 49.8 Å². The fraction of sp³-hybridized carbons (Fsp3) is 0.400. The molecule has 19 heavy (non-hydrogen) atoms. The molecule has 0 saturated carbocycles. The molecule has 0 fully saturated rings. The molecule has 2 aromatic rings. The van der Waals surface area contributed by atoms with Gasteiger partial charge < -0.3 is 14.3 Å². The molecule has 2 rings (SSSR count). The van der Waals surface area contributed by atoms with Crippen LogP contribution in [-0.2, 0) is 6.61 Å². The van der Waals surface area contributed by atoms with Gasteiger partial charge in [0.1, 0.15) is 23.8 Å². The Hall–Kier alpha value is -1.81. The van der Waals surface area contributed by atoms with Gasteiger partial charge in [0.05, 0.1) is 6.10 Å². The van der Waals surface area contributed by atoms with E-state index in [-0.39, 0.29) is 5.92 Å². The number of aliphatic hydroxyl groups is 1. The predicted molar refractivity (Wildman–Crippen MR) is 72.0 cm³/mol. The molecule has 1 atom stereocenters. The average Bonchev–Trinajstić information content (AvgIpc) is 2.85. The summed E-state index contributed by atoms with van der Waals surface area (Å²) in [4.78, 5) is 4.17. The van der Waals surface area contributed by atoms with E-state index in [9.17, 15) is 5.11 Å². The minimum atomic E-state index is -0.498. The van der Waals surface area contributed by atoms with Crippen LogP contribution in [-0.4, -0.2) is 10.1 Å². The second kappa shape index (κ2) is 5.89. The maximum atomic E-state index is 9.53. The number of benzene rings is 1. The molecular weight excluding hydrogens is 242 g/mol. The molecule has 1 aromatic carbocycles. The van der Waals surface area contributed by atoms with Crippen LogP contribution in [0.25, 0.3) is 0 Å². The van der Waals surface area contributed by atoms with E-state index in [4.69, 9.17) is 9.15 Å². The lowest BCUT2D eigenvalue weighted by molar-refractivity contribution is 0.198. The normalized spacial score (nSPS) is 12.7. The summed E-state index contributed by atoms with van der Waals surface area (Å²) in [6, 6.07) is 7.43. The lowest BCUT2D eigenvalue weighted by Gasteiger charge is -2.09. The van der Waals surface area contributed by atoms with Crippen LogP contribution in [0, 0.1) is 0 Å². The molecule has 1 unspecified atom stereocenters. The first-order chi connectivity index (χ1) is 9.08. The maximum Gasteiger partial charge on any atom is 0.181 e. The first-order valence-electron chi connectivity index (χ1n) is 6.41. The van der Waals surface area contributed by atoms with Gasteiger partial charge in [-0.3, -0.25) is 0 Å². The molecule has 4 heteroatoms.